The number of nitrogens with two attached hydrogens (primary N) is 1. The zero-order chi connectivity index (χ0) is 43.0. The summed E-state index contributed by atoms with van der Waals surface area (Å²) < 4.78 is 60.9. The molecule has 1 fully saturated rings. The van der Waals surface area contributed by atoms with Gasteiger partial charge in [0.05, 0.1) is 12.4 Å². The number of anilines is 1. The number of terminal acetylenes is 1. The topological polar surface area (TPSA) is 179 Å². The number of carbonyl (C=O) groups is 2. The first-order chi connectivity index (χ1) is 28.9. The Labute approximate surface area is 352 Å². The fraction of sp³-hybridized carbons (Fsp3) is 0.523. The quantitative estimate of drug-likeness (QED) is 0.0213. The van der Waals surface area contributed by atoms with E-state index in [0.29, 0.717) is 6.42 Å². The molecule has 2 aromatic carbocycles. The Morgan fingerprint density at radius 3 is 2.27 bits per heavy atom. The Balaban J connectivity index is 1.36. The molecule has 0 saturated carbocycles. The zero-order valence-corrected chi connectivity index (χ0v) is 35.7. The number of unbranched alkanes of at least 4 members (excludes halogenated alkanes) is 10. The van der Waals surface area contributed by atoms with E-state index in [1.165, 1.54) is 55.8 Å². The Bertz CT molecular complexity index is 2070. The van der Waals surface area contributed by atoms with E-state index in [1.807, 2.05) is 30.3 Å². The summed E-state index contributed by atoms with van der Waals surface area (Å²) in [6.07, 6.45) is 16.3. The summed E-state index contributed by atoms with van der Waals surface area (Å²) in [4.78, 5) is 38.6. The maximum atomic E-state index is 14.9. The number of benzene rings is 2. The molecule has 16 heteroatoms. The van der Waals surface area contributed by atoms with Crippen LogP contribution in [0, 0.1) is 18.4 Å². The zero-order valence-electron chi connectivity index (χ0n) is 34.8. The van der Waals surface area contributed by atoms with Crippen LogP contribution in [0.1, 0.15) is 116 Å². The minimum atomic E-state index is -4.55. The molecule has 2 aromatic heterocycles. The Morgan fingerprint density at radius 1 is 1.00 bits per heavy atom. The van der Waals surface area contributed by atoms with Crippen LogP contribution in [0.5, 0.6) is 5.75 Å². The number of nitrogens with zero attached hydrogens (tertiary/aromatic N) is 4. The number of carbonyl (C=O) groups excluding carboxylic acids is 2. The van der Waals surface area contributed by atoms with Gasteiger partial charge in [0.1, 0.15) is 30.7 Å². The van der Waals surface area contributed by atoms with Crippen molar-refractivity contribution >= 4 is 36.7 Å². The highest BCUT2D eigenvalue weighted by atomic mass is 31.2. The molecule has 1 saturated heterocycles. The lowest BCUT2D eigenvalue weighted by molar-refractivity contribution is -0.158. The van der Waals surface area contributed by atoms with E-state index in [4.69, 9.17) is 35.4 Å². The number of aromatic nitrogens is 4. The highest BCUT2D eigenvalue weighted by Gasteiger charge is 2.53. The molecular weight excluding hydrogens is 790 g/mol. The van der Waals surface area contributed by atoms with Crippen molar-refractivity contribution < 1.29 is 41.8 Å². The van der Waals surface area contributed by atoms with Crippen molar-refractivity contribution in [2.45, 2.75) is 141 Å². The molecule has 0 aliphatic carbocycles. The average Bonchev–Trinajstić information content (AvgIpc) is 3.81. The number of ether oxygens (including phenoxy) is 3. The molecule has 0 bridgehead atoms. The van der Waals surface area contributed by atoms with Gasteiger partial charge in [-0.15, -0.1) is 6.42 Å². The SMILES string of the molecule is C#C[C@]1(CO[P@@](=O)(NC(Cc2ccccc2)C(=O)OC(C)C)Oc2ccccc2)O[C@@H](n2cnc3c(N)nc(F)nc32)C[C@@H]1OC(=O)CCCCCCCCCCCCC. The van der Waals surface area contributed by atoms with E-state index in [1.54, 1.807) is 44.2 Å². The van der Waals surface area contributed by atoms with Gasteiger partial charge in [-0.05, 0) is 44.4 Å². The first kappa shape index (κ1) is 46.2. The number of para-hydroxylation sites is 1. The van der Waals surface area contributed by atoms with Crippen LogP contribution in [0.25, 0.3) is 11.2 Å². The van der Waals surface area contributed by atoms with E-state index in [0.717, 1.165) is 24.8 Å². The molecule has 5 atom stereocenters. The number of nitrogen functional groups attached to an aromatic ring is 1. The van der Waals surface area contributed by atoms with Gasteiger partial charge in [0, 0.05) is 12.8 Å². The van der Waals surface area contributed by atoms with Gasteiger partial charge in [0.15, 0.2) is 22.6 Å². The standard InChI is InChI=1S/C44H58FN6O8P/c1-5-7-8-9-10-11-12-13-14-15-22-27-38(52)57-36-29-37(51-31-47-39-40(46)48-43(45)49-41(39)51)58-44(36,6-2)30-55-60(54,59-34-25-20-17-21-26-34)50-35(42(53)56-32(3)4)28-33-23-18-16-19-24-33/h2,16-21,23-26,31-32,35-37H,5,7-15,22,27-30H2,1,3-4H3,(H,50,54)(H2,46,48,49)/t35?,36-,37+,44+,60-/m0/s1. The smallest absolute Gasteiger partial charge is 0.459 e. The molecule has 1 unspecified atom stereocenters. The number of hydrogen-bond donors (Lipinski definition) is 2. The summed E-state index contributed by atoms with van der Waals surface area (Å²) in [6, 6.07) is 16.2. The van der Waals surface area contributed by atoms with Crippen LogP contribution in [0.4, 0.5) is 10.2 Å². The lowest BCUT2D eigenvalue weighted by Crippen LogP contribution is -2.46. The minimum absolute atomic E-state index is 0.0249. The molecule has 3 heterocycles. The number of nitrogens with one attached hydrogen (secondary N) is 1. The summed E-state index contributed by atoms with van der Waals surface area (Å²) in [5.74, 6) is 1.40. The van der Waals surface area contributed by atoms with Gasteiger partial charge in [-0.1, -0.05) is 126 Å². The molecule has 60 heavy (non-hydrogen) atoms. The van der Waals surface area contributed by atoms with Gasteiger partial charge >= 0.3 is 25.8 Å². The first-order valence-corrected chi connectivity index (χ1v) is 22.5. The molecule has 14 nitrogen and oxygen atoms in total. The molecule has 3 N–H and O–H groups in total. The second kappa shape index (κ2) is 22.7. The van der Waals surface area contributed by atoms with Gasteiger partial charge in [-0.25, -0.2) is 9.55 Å². The molecule has 0 spiro atoms. The summed E-state index contributed by atoms with van der Waals surface area (Å²) >= 11 is 0. The fourth-order valence-electron chi connectivity index (χ4n) is 7.05. The number of halogens is 1. The van der Waals surface area contributed by atoms with Gasteiger partial charge < -0.3 is 24.5 Å². The van der Waals surface area contributed by atoms with E-state index in [9.17, 15) is 18.5 Å². The predicted octanol–water partition coefficient (Wildman–Crippen LogP) is 8.81. The predicted molar refractivity (Wildman–Crippen MR) is 226 cm³/mol. The average molecular weight is 849 g/mol. The molecule has 324 valence electrons. The number of rotatable bonds is 25. The fourth-order valence-corrected chi connectivity index (χ4v) is 8.57. The Kier molecular flexibility index (Phi) is 17.4. The number of hydrogen-bond acceptors (Lipinski definition) is 12. The van der Waals surface area contributed by atoms with Crippen LogP contribution in [0.3, 0.4) is 0 Å². The lowest BCUT2D eigenvalue weighted by atomic mass is 9.98. The van der Waals surface area contributed by atoms with Crippen LogP contribution in [-0.4, -0.2) is 61.9 Å². The Hall–Kier alpha value is -4.87. The molecule has 1 aliphatic heterocycles. The molecule has 0 radical (unpaired) electrons. The highest BCUT2D eigenvalue weighted by Crippen LogP contribution is 2.49. The summed E-state index contributed by atoms with van der Waals surface area (Å²) in [5.41, 5.74) is 4.98. The van der Waals surface area contributed by atoms with E-state index in [2.05, 4.69) is 32.9 Å². The van der Waals surface area contributed by atoms with Crippen molar-refractivity contribution in [3.63, 3.8) is 0 Å². The largest absolute Gasteiger partial charge is 0.462 e. The maximum absolute atomic E-state index is 14.9. The van der Waals surface area contributed by atoms with Gasteiger partial charge in [-0.2, -0.15) is 19.4 Å². The third kappa shape index (κ3) is 13.3. The van der Waals surface area contributed by atoms with Crippen LogP contribution in [0.2, 0.25) is 0 Å². The second-order valence-corrected chi connectivity index (χ2v) is 17.0. The van der Waals surface area contributed by atoms with E-state index < -0.39 is 62.4 Å². The number of imidazole rings is 1. The monoisotopic (exact) mass is 848 g/mol. The van der Waals surface area contributed by atoms with E-state index >= 15 is 0 Å². The molecule has 1 aliphatic rings. The summed E-state index contributed by atoms with van der Waals surface area (Å²) in [5, 5.41) is 2.81. The lowest BCUT2D eigenvalue weighted by Gasteiger charge is -2.31. The van der Waals surface area contributed by atoms with Crippen LogP contribution >= 0.6 is 7.75 Å². The second-order valence-electron chi connectivity index (χ2n) is 15.3. The molecule has 0 amide bonds. The number of fused-ring (bicyclic) bond motifs is 1. The van der Waals surface area contributed by atoms with Gasteiger partial charge in [0.25, 0.3) is 0 Å². The highest BCUT2D eigenvalue weighted by molar-refractivity contribution is 7.52. The van der Waals surface area contributed by atoms with Crippen molar-refractivity contribution in [2.24, 2.45) is 0 Å². The normalized spacial score (nSPS) is 19.1. The van der Waals surface area contributed by atoms with Crippen molar-refractivity contribution in [2.75, 3.05) is 12.3 Å². The van der Waals surface area contributed by atoms with Crippen LogP contribution in [-0.2, 0) is 39.3 Å². The van der Waals surface area contributed by atoms with Gasteiger partial charge in [-0.3, -0.25) is 18.7 Å². The molecule has 4 aromatic rings. The van der Waals surface area contributed by atoms with Crippen molar-refractivity contribution in [3.05, 3.63) is 78.6 Å². The summed E-state index contributed by atoms with van der Waals surface area (Å²) in [6.45, 7) is 4.99. The Morgan fingerprint density at radius 2 is 1.63 bits per heavy atom. The molecule has 5 rings (SSSR count). The maximum Gasteiger partial charge on any atom is 0.459 e. The van der Waals surface area contributed by atoms with Crippen molar-refractivity contribution in [3.8, 4) is 18.1 Å². The first-order valence-electron chi connectivity index (χ1n) is 21.0. The minimum Gasteiger partial charge on any atom is -0.462 e. The van der Waals surface area contributed by atoms with Crippen LogP contribution < -0.4 is 15.3 Å². The molecular formula is C44H58FN6O8P. The van der Waals surface area contributed by atoms with Crippen molar-refractivity contribution in [1.82, 2.24) is 24.6 Å². The third-order valence-corrected chi connectivity index (χ3v) is 11.7. The third-order valence-electron chi connectivity index (χ3n) is 10.2. The van der Waals surface area contributed by atoms with Crippen LogP contribution in [0.15, 0.2) is 67.0 Å². The van der Waals surface area contributed by atoms with Gasteiger partial charge in [0.2, 0.25) is 0 Å². The summed E-state index contributed by atoms with van der Waals surface area (Å²) in [7, 11) is -4.55. The van der Waals surface area contributed by atoms with E-state index in [-0.39, 0.29) is 42.0 Å². The van der Waals surface area contributed by atoms with Crippen molar-refractivity contribution in [1.29, 1.82) is 0 Å². The number of esters is 2.